The molecule has 238 valence electrons. The van der Waals surface area contributed by atoms with Gasteiger partial charge in [-0.15, -0.1) is 0 Å². The molecule has 0 bridgehead atoms. The van der Waals surface area contributed by atoms with Gasteiger partial charge >= 0.3 is 0 Å². The van der Waals surface area contributed by atoms with E-state index in [9.17, 15) is 9.59 Å². The number of hydrogen-bond donors (Lipinski definition) is 1. The summed E-state index contributed by atoms with van der Waals surface area (Å²) in [5.41, 5.74) is -0.941. The smallest absolute Gasteiger partial charge is 0.160 e. The van der Waals surface area contributed by atoms with Crippen molar-refractivity contribution in [1.29, 1.82) is 0 Å². The molecular weight excluding hydrogens is 490 g/mol. The largest absolute Gasteiger partial charge is 0.299 e. The van der Waals surface area contributed by atoms with Crippen LogP contribution in [0.3, 0.4) is 0 Å². The Labute approximate surface area is 252 Å². The number of rotatable bonds is 33. The van der Waals surface area contributed by atoms with Crippen molar-refractivity contribution in [3.8, 4) is 0 Å². The normalized spacial score (nSPS) is 11.8. The van der Waals surface area contributed by atoms with E-state index in [2.05, 4.69) is 19.2 Å². The lowest BCUT2D eigenvalue weighted by atomic mass is 9.81. The van der Waals surface area contributed by atoms with Gasteiger partial charge in [-0.1, -0.05) is 182 Å². The summed E-state index contributed by atoms with van der Waals surface area (Å²) in [5, 5.41) is 3.34. The molecule has 0 spiro atoms. The van der Waals surface area contributed by atoms with Crippen molar-refractivity contribution in [2.45, 2.75) is 219 Å². The van der Waals surface area contributed by atoms with Crippen LogP contribution in [0.25, 0.3) is 0 Å². The summed E-state index contributed by atoms with van der Waals surface area (Å²) >= 11 is 0. The van der Waals surface area contributed by atoms with E-state index in [1.165, 1.54) is 141 Å². The molecule has 0 aliphatic carbocycles. The molecule has 0 aromatic rings. The molecule has 0 aromatic carbocycles. The lowest BCUT2D eigenvalue weighted by Crippen LogP contribution is -2.57. The molecule has 0 unspecified atom stereocenters. The summed E-state index contributed by atoms with van der Waals surface area (Å²) in [6.45, 7) is 9.24. The average molecular weight is 564 g/mol. The molecule has 0 saturated carbocycles. The molecule has 0 aromatic heterocycles. The summed E-state index contributed by atoms with van der Waals surface area (Å²) < 4.78 is 0. The van der Waals surface area contributed by atoms with Gasteiger partial charge in [-0.25, -0.2) is 0 Å². The fourth-order valence-electron chi connectivity index (χ4n) is 6.21. The number of likely N-dealkylation sites (N-methyl/N-ethyl adjacent to an activating group) is 1. The summed E-state index contributed by atoms with van der Waals surface area (Å²) in [7, 11) is 0. The van der Waals surface area contributed by atoms with E-state index in [-0.39, 0.29) is 11.6 Å². The number of unbranched alkanes of at least 4 members (excludes halogenated alkanes) is 24. The number of ketones is 2. The van der Waals surface area contributed by atoms with Gasteiger partial charge in [0.15, 0.2) is 11.6 Å². The van der Waals surface area contributed by atoms with Crippen LogP contribution < -0.4 is 5.32 Å². The molecule has 0 rings (SSSR count). The van der Waals surface area contributed by atoms with Crippen LogP contribution in [0.1, 0.15) is 214 Å². The Hall–Kier alpha value is -0.700. The highest BCUT2D eigenvalue weighted by Gasteiger charge is 2.41. The van der Waals surface area contributed by atoms with E-state index in [0.717, 1.165) is 25.7 Å². The number of hydrogen-bond acceptors (Lipinski definition) is 3. The molecule has 0 fully saturated rings. The van der Waals surface area contributed by atoms with Crippen molar-refractivity contribution in [2.24, 2.45) is 0 Å². The Morgan fingerprint density at radius 1 is 0.400 bits per heavy atom. The van der Waals surface area contributed by atoms with Crippen molar-refractivity contribution < 1.29 is 9.59 Å². The molecule has 0 amide bonds. The third-order valence-electron chi connectivity index (χ3n) is 8.98. The number of carbonyl (C=O) groups excluding carboxylic acids is 2. The Kier molecular flexibility index (Phi) is 29.3. The summed E-state index contributed by atoms with van der Waals surface area (Å²) in [6, 6.07) is 0. The molecule has 0 heterocycles. The van der Waals surface area contributed by atoms with Crippen LogP contribution in [-0.2, 0) is 9.59 Å². The maximum atomic E-state index is 13.3. The van der Waals surface area contributed by atoms with Crippen molar-refractivity contribution in [2.75, 3.05) is 6.54 Å². The van der Waals surface area contributed by atoms with Gasteiger partial charge in [-0.2, -0.15) is 0 Å². The van der Waals surface area contributed by atoms with E-state index in [0.29, 0.717) is 25.8 Å². The molecular formula is C37H73NO2. The molecule has 0 radical (unpaired) electrons. The Balaban J connectivity index is 3.99. The fourth-order valence-corrected chi connectivity index (χ4v) is 6.21. The Morgan fingerprint density at radius 2 is 0.650 bits per heavy atom. The van der Waals surface area contributed by atoms with E-state index in [4.69, 9.17) is 0 Å². The van der Waals surface area contributed by atoms with Gasteiger partial charge < -0.3 is 0 Å². The molecule has 0 saturated heterocycles. The third kappa shape index (κ3) is 21.1. The van der Waals surface area contributed by atoms with Gasteiger partial charge in [0.05, 0.1) is 0 Å². The molecule has 3 heteroatoms. The van der Waals surface area contributed by atoms with Gasteiger partial charge in [0, 0.05) is 12.8 Å². The topological polar surface area (TPSA) is 46.2 Å². The van der Waals surface area contributed by atoms with E-state index in [1.54, 1.807) is 0 Å². The van der Waals surface area contributed by atoms with Crippen molar-refractivity contribution in [3.05, 3.63) is 0 Å². The number of Topliss-reactive ketones (excluding diaryl/α,β-unsaturated/α-hetero) is 2. The number of nitrogens with one attached hydrogen (secondary N) is 1. The maximum Gasteiger partial charge on any atom is 0.160 e. The van der Waals surface area contributed by atoms with E-state index < -0.39 is 5.54 Å². The molecule has 40 heavy (non-hydrogen) atoms. The monoisotopic (exact) mass is 564 g/mol. The SMILES string of the molecule is CCCCCCCCCCCCCCCC(=O)C(CC)(NCC)C(=O)CCCCCCCCCCCCCCC. The highest BCUT2D eigenvalue weighted by molar-refractivity contribution is 6.11. The summed E-state index contributed by atoms with van der Waals surface area (Å²) in [6.07, 6.45) is 35.6. The molecule has 0 aliphatic rings. The predicted molar refractivity (Wildman–Crippen MR) is 177 cm³/mol. The zero-order chi connectivity index (χ0) is 29.6. The predicted octanol–water partition coefficient (Wildman–Crippen LogP) is 11.8. The second-order valence-corrected chi connectivity index (χ2v) is 12.6. The van der Waals surface area contributed by atoms with Crippen LogP contribution >= 0.6 is 0 Å². The second-order valence-electron chi connectivity index (χ2n) is 12.6. The van der Waals surface area contributed by atoms with Crippen LogP contribution in [-0.4, -0.2) is 23.7 Å². The first-order valence-corrected chi connectivity index (χ1v) is 18.4. The van der Waals surface area contributed by atoms with Crippen LogP contribution in [0.15, 0.2) is 0 Å². The zero-order valence-corrected chi connectivity index (χ0v) is 28.0. The van der Waals surface area contributed by atoms with Crippen molar-refractivity contribution in [1.82, 2.24) is 5.32 Å². The Morgan fingerprint density at radius 3 is 0.875 bits per heavy atom. The van der Waals surface area contributed by atoms with E-state index >= 15 is 0 Å². The first-order valence-electron chi connectivity index (χ1n) is 18.4. The quantitative estimate of drug-likeness (QED) is 0.0638. The van der Waals surface area contributed by atoms with Gasteiger partial charge in [0.1, 0.15) is 5.54 Å². The van der Waals surface area contributed by atoms with Crippen molar-refractivity contribution in [3.63, 3.8) is 0 Å². The summed E-state index contributed by atoms with van der Waals surface area (Å²) in [5.74, 6) is 0.277. The fraction of sp³-hybridized carbons (Fsp3) is 0.946. The molecule has 3 nitrogen and oxygen atoms in total. The minimum absolute atomic E-state index is 0.139. The highest BCUT2D eigenvalue weighted by atomic mass is 16.2. The van der Waals surface area contributed by atoms with Crippen LogP contribution in [0.4, 0.5) is 0 Å². The molecule has 0 aliphatic heterocycles. The van der Waals surface area contributed by atoms with Gasteiger partial charge in [0.25, 0.3) is 0 Å². The lowest BCUT2D eigenvalue weighted by Gasteiger charge is -2.31. The minimum Gasteiger partial charge on any atom is -0.299 e. The lowest BCUT2D eigenvalue weighted by molar-refractivity contribution is -0.137. The third-order valence-corrected chi connectivity index (χ3v) is 8.98. The zero-order valence-electron chi connectivity index (χ0n) is 28.0. The first kappa shape index (κ1) is 39.3. The van der Waals surface area contributed by atoms with Gasteiger partial charge in [-0.05, 0) is 25.8 Å². The second kappa shape index (κ2) is 29.8. The first-order chi connectivity index (χ1) is 19.6. The number of carbonyl (C=O) groups is 2. The van der Waals surface area contributed by atoms with E-state index in [1.807, 2.05) is 13.8 Å². The van der Waals surface area contributed by atoms with Gasteiger partial charge in [0.2, 0.25) is 0 Å². The summed E-state index contributed by atoms with van der Waals surface area (Å²) in [4.78, 5) is 26.6. The standard InChI is InChI=1S/C37H73NO2/c1-5-9-11-13-15-17-19-21-23-25-27-29-31-33-35(39)37(7-3,38-8-4)36(40)34-32-30-28-26-24-22-20-18-16-14-12-10-6-2/h38H,5-34H2,1-4H3. The van der Waals surface area contributed by atoms with Crippen LogP contribution in [0, 0.1) is 0 Å². The minimum atomic E-state index is -0.941. The van der Waals surface area contributed by atoms with Crippen molar-refractivity contribution >= 4 is 11.6 Å². The van der Waals surface area contributed by atoms with Gasteiger partial charge in [-0.3, -0.25) is 14.9 Å². The molecule has 1 N–H and O–H groups in total. The molecule has 0 atom stereocenters. The highest BCUT2D eigenvalue weighted by Crippen LogP contribution is 2.22. The van der Waals surface area contributed by atoms with Crippen LogP contribution in [0.2, 0.25) is 0 Å². The average Bonchev–Trinajstić information content (AvgIpc) is 2.96. The van der Waals surface area contributed by atoms with Crippen LogP contribution in [0.5, 0.6) is 0 Å². The maximum absolute atomic E-state index is 13.3. The Bertz CT molecular complexity index is 516.